The lowest BCUT2D eigenvalue weighted by atomic mass is 9.72. The Bertz CT molecular complexity index is 1190. The van der Waals surface area contributed by atoms with Crippen LogP contribution in [0.15, 0.2) is 42.4 Å². The number of carbonyl (C=O) groups is 1. The van der Waals surface area contributed by atoms with Gasteiger partial charge in [0.2, 0.25) is 0 Å². The summed E-state index contributed by atoms with van der Waals surface area (Å²) in [7, 11) is 0. The van der Waals surface area contributed by atoms with Crippen LogP contribution in [0, 0.1) is 11.2 Å². The van der Waals surface area contributed by atoms with Crippen LogP contribution in [0.1, 0.15) is 57.3 Å². The number of aromatic nitrogens is 2. The van der Waals surface area contributed by atoms with E-state index < -0.39 is 5.82 Å². The largest absolute Gasteiger partial charge is 0.451 e. The van der Waals surface area contributed by atoms with E-state index in [0.29, 0.717) is 22.7 Å². The van der Waals surface area contributed by atoms with Crippen molar-refractivity contribution in [2.24, 2.45) is 5.41 Å². The van der Waals surface area contributed by atoms with Crippen LogP contribution in [0.3, 0.4) is 0 Å². The summed E-state index contributed by atoms with van der Waals surface area (Å²) in [6.07, 6.45) is 9.00. The predicted octanol–water partition coefficient (Wildman–Crippen LogP) is 4.49. The highest BCUT2D eigenvalue weighted by molar-refractivity contribution is 5.97. The lowest BCUT2D eigenvalue weighted by Crippen LogP contribution is -2.60. The van der Waals surface area contributed by atoms with Gasteiger partial charge in [-0.05, 0) is 84.8 Å². The Morgan fingerprint density at radius 3 is 2.56 bits per heavy atom. The predicted molar refractivity (Wildman–Crippen MR) is 151 cm³/mol. The molecule has 8 nitrogen and oxygen atoms in total. The monoisotopic (exact) mass is 536 g/mol. The van der Waals surface area contributed by atoms with Crippen LogP contribution in [0.25, 0.3) is 0 Å². The molecule has 0 aliphatic carbocycles. The first-order valence-corrected chi connectivity index (χ1v) is 14.2. The van der Waals surface area contributed by atoms with Crippen molar-refractivity contribution in [2.45, 2.75) is 59.0 Å². The zero-order valence-electron chi connectivity index (χ0n) is 23.6. The number of hydrogen-bond donors (Lipinski definition) is 1. The first-order chi connectivity index (χ1) is 18.7. The van der Waals surface area contributed by atoms with Crippen molar-refractivity contribution in [1.82, 2.24) is 25.1 Å². The average Bonchev–Trinajstić information content (AvgIpc) is 2.89. The summed E-state index contributed by atoms with van der Waals surface area (Å²) in [5.41, 5.74) is 2.06. The molecule has 0 radical (unpaired) electrons. The molecule has 1 spiro atoms. The van der Waals surface area contributed by atoms with E-state index >= 15 is 0 Å². The Morgan fingerprint density at radius 1 is 1.15 bits per heavy atom. The molecule has 2 aromatic rings. The number of anilines is 1. The summed E-state index contributed by atoms with van der Waals surface area (Å²) in [6.45, 7) is 15.1. The second-order valence-electron chi connectivity index (χ2n) is 11.8. The smallest absolute Gasteiger partial charge is 0.258 e. The first-order valence-electron chi connectivity index (χ1n) is 14.2. The minimum atomic E-state index is -0.477. The Morgan fingerprint density at radius 2 is 1.90 bits per heavy atom. The number of piperidine rings is 1. The van der Waals surface area contributed by atoms with Gasteiger partial charge in [0.1, 0.15) is 17.9 Å². The van der Waals surface area contributed by atoms with Gasteiger partial charge in [0.25, 0.3) is 5.91 Å². The van der Waals surface area contributed by atoms with Gasteiger partial charge in [0.15, 0.2) is 11.6 Å². The minimum absolute atomic E-state index is 0.0377. The normalized spacial score (nSPS) is 19.3. The Balaban J connectivity index is 1.27. The summed E-state index contributed by atoms with van der Waals surface area (Å²) >= 11 is 0. The number of likely N-dealkylation sites (tertiary alicyclic amines) is 1. The first kappa shape index (κ1) is 27.5. The number of ether oxygens (including phenoxy) is 1. The fraction of sp³-hybridized carbons (Fsp3) is 0.567. The van der Waals surface area contributed by atoms with Crippen LogP contribution >= 0.6 is 0 Å². The molecule has 1 aromatic heterocycles. The molecule has 5 rings (SSSR count). The number of rotatable bonds is 8. The molecule has 210 valence electrons. The highest BCUT2D eigenvalue weighted by Gasteiger charge is 2.46. The molecule has 2 fully saturated rings. The van der Waals surface area contributed by atoms with Crippen LogP contribution in [-0.4, -0.2) is 83.6 Å². The summed E-state index contributed by atoms with van der Waals surface area (Å²) in [4.78, 5) is 28.8. The van der Waals surface area contributed by atoms with Gasteiger partial charge in [-0.15, -0.1) is 0 Å². The van der Waals surface area contributed by atoms with Gasteiger partial charge in [-0.3, -0.25) is 9.69 Å². The fourth-order valence-corrected chi connectivity index (χ4v) is 6.22. The molecule has 3 aliphatic heterocycles. The maximum absolute atomic E-state index is 14.3. The molecule has 3 aliphatic rings. The number of halogens is 1. The van der Waals surface area contributed by atoms with Crippen molar-refractivity contribution in [3.63, 3.8) is 0 Å². The lowest BCUT2D eigenvalue weighted by Gasteiger charge is -2.54. The average molecular weight is 537 g/mol. The zero-order chi connectivity index (χ0) is 27.6. The molecule has 0 unspecified atom stereocenters. The number of amides is 1. The van der Waals surface area contributed by atoms with E-state index in [9.17, 15) is 9.18 Å². The van der Waals surface area contributed by atoms with Gasteiger partial charge in [0.05, 0.1) is 11.8 Å². The van der Waals surface area contributed by atoms with E-state index in [4.69, 9.17) is 4.74 Å². The van der Waals surface area contributed by atoms with Crippen LogP contribution in [0.5, 0.6) is 11.5 Å². The standard InChI is InChI=1S/C30H41FN6O2/c1-21(2)37(22(3)4)29(38)25-15-24(31)5-6-26(25)39-27-16-33-20-34-28(27)36-18-30(19-36)9-13-35(14-10-30)17-23-7-11-32-12-8-23/h5-7,15-16,20-22,32H,8-14,17-19H2,1-4H3. The van der Waals surface area contributed by atoms with Crippen LogP contribution in [0.2, 0.25) is 0 Å². The quantitative estimate of drug-likeness (QED) is 0.499. The van der Waals surface area contributed by atoms with Crippen molar-refractivity contribution in [3.05, 3.63) is 53.8 Å². The van der Waals surface area contributed by atoms with Crippen LogP contribution in [0.4, 0.5) is 10.2 Å². The molecule has 9 heteroatoms. The maximum Gasteiger partial charge on any atom is 0.258 e. The van der Waals surface area contributed by atoms with Crippen molar-refractivity contribution in [1.29, 1.82) is 0 Å². The van der Waals surface area contributed by atoms with Gasteiger partial charge < -0.3 is 19.9 Å². The summed E-state index contributed by atoms with van der Waals surface area (Å²) in [6, 6.07) is 4.01. The lowest BCUT2D eigenvalue weighted by molar-refractivity contribution is 0.0640. The Kier molecular flexibility index (Phi) is 8.19. The number of nitrogens with zero attached hydrogens (tertiary/aromatic N) is 5. The van der Waals surface area contributed by atoms with E-state index in [2.05, 4.69) is 31.2 Å². The zero-order valence-corrected chi connectivity index (χ0v) is 23.6. The number of hydrogen-bond acceptors (Lipinski definition) is 7. The maximum atomic E-state index is 14.3. The molecule has 4 heterocycles. The van der Waals surface area contributed by atoms with E-state index in [1.54, 1.807) is 16.7 Å². The molecule has 39 heavy (non-hydrogen) atoms. The van der Waals surface area contributed by atoms with Gasteiger partial charge in [-0.2, -0.15) is 0 Å². The molecule has 0 bridgehead atoms. The Labute approximate surface area is 231 Å². The highest BCUT2D eigenvalue weighted by Crippen LogP contribution is 2.45. The SMILES string of the molecule is CC(C)N(C(=O)c1cc(F)ccc1Oc1cncnc1N1CC2(CCN(CC3=CCNCC3)CC2)C1)C(C)C. The third kappa shape index (κ3) is 6.09. The van der Waals surface area contributed by atoms with E-state index in [1.165, 1.54) is 37.4 Å². The molecule has 1 aromatic carbocycles. The van der Waals surface area contributed by atoms with Gasteiger partial charge in [-0.1, -0.05) is 11.6 Å². The number of carbonyl (C=O) groups excluding carboxylic acids is 1. The number of benzene rings is 1. The van der Waals surface area contributed by atoms with Gasteiger partial charge >= 0.3 is 0 Å². The molecule has 1 amide bonds. The molecule has 0 saturated carbocycles. The molecular weight excluding hydrogens is 495 g/mol. The van der Waals surface area contributed by atoms with Crippen molar-refractivity contribution < 1.29 is 13.9 Å². The summed E-state index contributed by atoms with van der Waals surface area (Å²) in [5, 5.41) is 3.39. The molecule has 1 N–H and O–H groups in total. The van der Waals surface area contributed by atoms with Crippen molar-refractivity contribution in [3.8, 4) is 11.5 Å². The topological polar surface area (TPSA) is 73.8 Å². The van der Waals surface area contributed by atoms with Gasteiger partial charge in [-0.25, -0.2) is 14.4 Å². The molecule has 2 saturated heterocycles. The van der Waals surface area contributed by atoms with Crippen LogP contribution < -0.4 is 15.0 Å². The fourth-order valence-electron chi connectivity index (χ4n) is 6.22. The van der Waals surface area contributed by atoms with E-state index in [1.807, 2.05) is 27.7 Å². The third-order valence-corrected chi connectivity index (χ3v) is 8.25. The second kappa shape index (κ2) is 11.6. The number of nitrogens with one attached hydrogen (secondary N) is 1. The van der Waals surface area contributed by atoms with E-state index in [-0.39, 0.29) is 23.6 Å². The highest BCUT2D eigenvalue weighted by atomic mass is 19.1. The van der Waals surface area contributed by atoms with Gasteiger partial charge in [0, 0.05) is 43.7 Å². The minimum Gasteiger partial charge on any atom is -0.451 e. The van der Waals surface area contributed by atoms with E-state index in [0.717, 1.165) is 52.2 Å². The van der Waals surface area contributed by atoms with Crippen LogP contribution in [-0.2, 0) is 0 Å². The van der Waals surface area contributed by atoms with Crippen molar-refractivity contribution in [2.75, 3.05) is 50.7 Å². The molecular formula is C30H41FN6O2. The summed E-state index contributed by atoms with van der Waals surface area (Å²) in [5.74, 6) is 0.756. The Hall–Kier alpha value is -3.04. The van der Waals surface area contributed by atoms with Crippen molar-refractivity contribution >= 4 is 11.7 Å². The summed E-state index contributed by atoms with van der Waals surface area (Å²) < 4.78 is 20.5. The second-order valence-corrected chi connectivity index (χ2v) is 11.8. The molecule has 0 atom stereocenters. The third-order valence-electron chi connectivity index (χ3n) is 8.25.